The van der Waals surface area contributed by atoms with Gasteiger partial charge >= 0.3 is 6.09 Å². The predicted molar refractivity (Wildman–Crippen MR) is 105 cm³/mol. The Morgan fingerprint density at radius 3 is 2.52 bits per heavy atom. The van der Waals surface area contributed by atoms with E-state index in [2.05, 4.69) is 30.5 Å². The minimum atomic E-state index is -0.455. The largest absolute Gasteiger partial charge is 0.444 e. The lowest BCUT2D eigenvalue weighted by atomic mass is 9.83. The number of carbonyl (C=O) groups excluding carboxylic acids is 1. The van der Waals surface area contributed by atoms with Crippen molar-refractivity contribution in [1.29, 1.82) is 0 Å². The Bertz CT molecular complexity index is 557. The highest BCUT2D eigenvalue weighted by atomic mass is 32.1. The second kappa shape index (κ2) is 9.04. The molecule has 0 saturated heterocycles. The molecule has 1 saturated carbocycles. The molecule has 0 bridgehead atoms. The number of carbonyl (C=O) groups is 1. The number of hydrogen-bond donors (Lipinski definition) is 2. The maximum absolute atomic E-state index is 12.0. The van der Waals surface area contributed by atoms with Crippen LogP contribution >= 0.6 is 11.3 Å². The average molecular weight is 367 g/mol. The molecular formula is C20H34N2O2S. The van der Waals surface area contributed by atoms with E-state index < -0.39 is 5.60 Å². The van der Waals surface area contributed by atoms with Crippen molar-refractivity contribution in [1.82, 2.24) is 10.6 Å². The molecular weight excluding hydrogens is 332 g/mol. The smallest absolute Gasteiger partial charge is 0.407 e. The standard InChI is InChI=1S/C20H34N2O2S/c1-14-11-17(15(2)25-14)12-21-18(16-9-7-6-8-10-16)13-22-19(23)24-20(3,4)5/h11,16,18,21H,6-10,12-13H2,1-5H3,(H,22,23). The Morgan fingerprint density at radius 2 is 1.96 bits per heavy atom. The molecule has 1 aromatic heterocycles. The van der Waals surface area contributed by atoms with Crippen molar-refractivity contribution < 1.29 is 9.53 Å². The Labute approximate surface area is 156 Å². The number of ether oxygens (including phenoxy) is 1. The summed E-state index contributed by atoms with van der Waals surface area (Å²) in [5.41, 5.74) is 0.920. The van der Waals surface area contributed by atoms with Gasteiger partial charge in [-0.15, -0.1) is 11.3 Å². The normalized spacial score (nSPS) is 17.3. The lowest BCUT2D eigenvalue weighted by Gasteiger charge is -2.31. The zero-order valence-corrected chi connectivity index (χ0v) is 17.2. The zero-order valence-electron chi connectivity index (χ0n) is 16.4. The fraction of sp³-hybridized carbons (Fsp3) is 0.750. The lowest BCUT2D eigenvalue weighted by molar-refractivity contribution is 0.0515. The lowest BCUT2D eigenvalue weighted by Crippen LogP contribution is -2.46. The van der Waals surface area contributed by atoms with Crippen LogP contribution < -0.4 is 10.6 Å². The molecule has 1 fully saturated rings. The number of hydrogen-bond acceptors (Lipinski definition) is 4. The zero-order chi connectivity index (χ0) is 18.4. The Balaban J connectivity index is 1.92. The molecule has 2 rings (SSSR count). The quantitative estimate of drug-likeness (QED) is 0.750. The molecule has 0 aromatic carbocycles. The van der Waals surface area contributed by atoms with Gasteiger partial charge in [0.15, 0.2) is 0 Å². The number of aryl methyl sites for hydroxylation is 2. The number of amides is 1. The molecule has 0 aliphatic heterocycles. The summed E-state index contributed by atoms with van der Waals surface area (Å²) in [6.45, 7) is 11.5. The molecule has 1 atom stereocenters. The molecule has 1 aliphatic carbocycles. The molecule has 0 radical (unpaired) electrons. The first-order valence-electron chi connectivity index (χ1n) is 9.51. The number of thiophene rings is 1. The average Bonchev–Trinajstić information content (AvgIpc) is 2.84. The van der Waals surface area contributed by atoms with Gasteiger partial charge in [0.2, 0.25) is 0 Å². The summed E-state index contributed by atoms with van der Waals surface area (Å²) in [5, 5.41) is 6.69. The van der Waals surface area contributed by atoms with Crippen molar-refractivity contribution in [2.24, 2.45) is 5.92 Å². The van der Waals surface area contributed by atoms with Crippen molar-refractivity contribution >= 4 is 17.4 Å². The van der Waals surface area contributed by atoms with E-state index in [0.717, 1.165) is 6.54 Å². The van der Waals surface area contributed by atoms with E-state index in [0.29, 0.717) is 18.5 Å². The topological polar surface area (TPSA) is 50.4 Å². The third-order valence-corrected chi connectivity index (χ3v) is 5.79. The summed E-state index contributed by atoms with van der Waals surface area (Å²) in [6, 6.07) is 2.57. The summed E-state index contributed by atoms with van der Waals surface area (Å²) in [4.78, 5) is 14.8. The van der Waals surface area contributed by atoms with Crippen molar-refractivity contribution in [3.05, 3.63) is 21.4 Å². The molecule has 1 unspecified atom stereocenters. The highest BCUT2D eigenvalue weighted by molar-refractivity contribution is 7.12. The minimum Gasteiger partial charge on any atom is -0.444 e. The summed E-state index contributed by atoms with van der Waals surface area (Å²) < 4.78 is 5.38. The third-order valence-electron chi connectivity index (χ3n) is 4.78. The summed E-state index contributed by atoms with van der Waals surface area (Å²) in [6.07, 6.45) is 6.10. The van der Waals surface area contributed by atoms with Crippen LogP contribution in [0.25, 0.3) is 0 Å². The molecule has 2 N–H and O–H groups in total. The maximum atomic E-state index is 12.0. The van der Waals surface area contributed by atoms with E-state index in [4.69, 9.17) is 4.74 Å². The van der Waals surface area contributed by atoms with Crippen LogP contribution in [0, 0.1) is 19.8 Å². The minimum absolute atomic E-state index is 0.299. The summed E-state index contributed by atoms with van der Waals surface area (Å²) >= 11 is 1.85. The molecule has 1 aliphatic rings. The molecule has 142 valence electrons. The van der Waals surface area contributed by atoms with Gasteiger partial charge in [0, 0.05) is 28.9 Å². The van der Waals surface area contributed by atoms with Gasteiger partial charge in [0.1, 0.15) is 5.60 Å². The molecule has 5 heteroatoms. The van der Waals surface area contributed by atoms with Gasteiger partial charge in [-0.25, -0.2) is 4.79 Å². The Hall–Kier alpha value is -1.07. The van der Waals surface area contributed by atoms with E-state index >= 15 is 0 Å². The van der Waals surface area contributed by atoms with E-state index in [-0.39, 0.29) is 6.09 Å². The molecule has 4 nitrogen and oxygen atoms in total. The number of alkyl carbamates (subject to hydrolysis) is 1. The van der Waals surface area contributed by atoms with Gasteiger partial charge in [0.25, 0.3) is 0 Å². The SMILES string of the molecule is Cc1cc(CNC(CNC(=O)OC(C)(C)C)C2CCCCC2)c(C)s1. The van der Waals surface area contributed by atoms with Crippen molar-refractivity contribution in [3.63, 3.8) is 0 Å². The predicted octanol–water partition coefficient (Wildman–Crippen LogP) is 4.93. The van der Waals surface area contributed by atoms with Crippen LogP contribution in [0.15, 0.2) is 6.07 Å². The first kappa shape index (κ1) is 20.2. The van der Waals surface area contributed by atoms with E-state index in [9.17, 15) is 4.79 Å². The maximum Gasteiger partial charge on any atom is 0.407 e. The number of nitrogens with one attached hydrogen (secondary N) is 2. The summed E-state index contributed by atoms with van der Waals surface area (Å²) in [7, 11) is 0. The fourth-order valence-electron chi connectivity index (χ4n) is 3.55. The van der Waals surface area contributed by atoms with Crippen molar-refractivity contribution in [3.8, 4) is 0 Å². The van der Waals surface area contributed by atoms with Crippen LogP contribution in [0.5, 0.6) is 0 Å². The van der Waals surface area contributed by atoms with Crippen LogP contribution in [-0.2, 0) is 11.3 Å². The van der Waals surface area contributed by atoms with Crippen LogP contribution in [-0.4, -0.2) is 24.3 Å². The van der Waals surface area contributed by atoms with Crippen LogP contribution in [0.4, 0.5) is 4.79 Å². The first-order chi connectivity index (χ1) is 11.7. The Kier molecular flexibility index (Phi) is 7.32. The van der Waals surface area contributed by atoms with E-state index in [1.165, 1.54) is 47.4 Å². The van der Waals surface area contributed by atoms with Crippen LogP contribution in [0.2, 0.25) is 0 Å². The highest BCUT2D eigenvalue weighted by Gasteiger charge is 2.25. The van der Waals surface area contributed by atoms with E-state index in [1.807, 2.05) is 32.1 Å². The van der Waals surface area contributed by atoms with Gasteiger partial charge in [-0.05, 0) is 65.0 Å². The molecule has 25 heavy (non-hydrogen) atoms. The molecule has 1 aromatic rings. The van der Waals surface area contributed by atoms with Gasteiger partial charge in [-0.3, -0.25) is 0 Å². The second-order valence-electron chi connectivity index (χ2n) is 8.21. The highest BCUT2D eigenvalue weighted by Crippen LogP contribution is 2.27. The van der Waals surface area contributed by atoms with Gasteiger partial charge in [-0.2, -0.15) is 0 Å². The molecule has 0 spiro atoms. The fourth-order valence-corrected chi connectivity index (χ4v) is 4.50. The van der Waals surface area contributed by atoms with Crippen LogP contribution in [0.3, 0.4) is 0 Å². The van der Waals surface area contributed by atoms with Crippen molar-refractivity contribution in [2.75, 3.05) is 6.54 Å². The second-order valence-corrected chi connectivity index (χ2v) is 9.67. The monoisotopic (exact) mass is 366 g/mol. The van der Waals surface area contributed by atoms with Gasteiger partial charge in [-0.1, -0.05) is 19.3 Å². The van der Waals surface area contributed by atoms with Gasteiger partial charge < -0.3 is 15.4 Å². The van der Waals surface area contributed by atoms with Gasteiger partial charge in [0.05, 0.1) is 0 Å². The molecule has 1 heterocycles. The summed E-state index contributed by atoms with van der Waals surface area (Å²) in [5.74, 6) is 0.628. The molecule has 1 amide bonds. The third kappa shape index (κ3) is 6.98. The van der Waals surface area contributed by atoms with Crippen molar-refractivity contribution in [2.45, 2.75) is 84.9 Å². The first-order valence-corrected chi connectivity index (χ1v) is 10.3. The number of rotatable bonds is 6. The van der Waals surface area contributed by atoms with E-state index in [1.54, 1.807) is 0 Å². The van der Waals surface area contributed by atoms with Crippen LogP contribution in [0.1, 0.15) is 68.2 Å². The Morgan fingerprint density at radius 1 is 1.28 bits per heavy atom.